The fourth-order valence-electron chi connectivity index (χ4n) is 1.16. The first-order chi connectivity index (χ1) is 7.06. The van der Waals surface area contributed by atoms with Crippen molar-refractivity contribution >= 4 is 5.97 Å². The summed E-state index contributed by atoms with van der Waals surface area (Å²) in [6.45, 7) is 6.46. The Kier molecular flexibility index (Phi) is 5.25. The fraction of sp³-hybridized carbons (Fsp3) is 0.900. The maximum atomic E-state index is 12.6. The van der Waals surface area contributed by atoms with Crippen molar-refractivity contribution in [3.05, 3.63) is 0 Å². The minimum Gasteiger partial charge on any atom is -0.466 e. The van der Waals surface area contributed by atoms with Crippen LogP contribution in [0.2, 0.25) is 0 Å². The van der Waals surface area contributed by atoms with Crippen LogP contribution in [0.4, 0.5) is 13.2 Å². The molecule has 1 atom stereocenters. The summed E-state index contributed by atoms with van der Waals surface area (Å²) in [5, 5.41) is 2.36. The molecule has 0 heterocycles. The number of halogens is 3. The second-order valence-electron chi connectivity index (χ2n) is 4.50. The molecule has 0 aromatic heterocycles. The normalized spacial score (nSPS) is 14.7. The average Bonchev–Trinajstić information content (AvgIpc) is 1.98. The third-order valence-corrected chi connectivity index (χ3v) is 1.68. The van der Waals surface area contributed by atoms with E-state index >= 15 is 0 Å². The molecule has 0 aliphatic rings. The van der Waals surface area contributed by atoms with Crippen LogP contribution in [0.5, 0.6) is 0 Å². The number of rotatable bonds is 4. The monoisotopic (exact) mass is 241 g/mol. The molecule has 0 aliphatic carbocycles. The highest BCUT2D eigenvalue weighted by Gasteiger charge is 2.42. The number of carbonyl (C=O) groups is 1. The molecule has 0 rings (SSSR count). The van der Waals surface area contributed by atoms with E-state index in [1.165, 1.54) is 0 Å². The van der Waals surface area contributed by atoms with Crippen LogP contribution in [0.1, 0.15) is 34.1 Å². The number of nitrogens with one attached hydrogen (secondary N) is 1. The number of esters is 1. The molecule has 0 aromatic rings. The highest BCUT2D eigenvalue weighted by atomic mass is 19.4. The van der Waals surface area contributed by atoms with E-state index in [1.807, 2.05) is 0 Å². The van der Waals surface area contributed by atoms with Gasteiger partial charge in [-0.15, -0.1) is 0 Å². The van der Waals surface area contributed by atoms with E-state index < -0.39 is 30.1 Å². The largest absolute Gasteiger partial charge is 0.466 e. The molecule has 0 saturated heterocycles. The highest BCUT2D eigenvalue weighted by Crippen LogP contribution is 2.24. The van der Waals surface area contributed by atoms with Gasteiger partial charge in [0.25, 0.3) is 0 Å². The van der Waals surface area contributed by atoms with Gasteiger partial charge in [-0.25, -0.2) is 0 Å². The number of alkyl halides is 3. The second-order valence-corrected chi connectivity index (χ2v) is 4.50. The number of ether oxygens (including phenoxy) is 1. The van der Waals surface area contributed by atoms with E-state index in [0.717, 1.165) is 0 Å². The topological polar surface area (TPSA) is 38.3 Å². The lowest BCUT2D eigenvalue weighted by Gasteiger charge is -2.29. The predicted octanol–water partition coefficient (Wildman–Crippen LogP) is 2.26. The zero-order valence-electron chi connectivity index (χ0n) is 9.94. The molecule has 3 nitrogen and oxygen atoms in total. The lowest BCUT2D eigenvalue weighted by atomic mass is 10.1. The molecule has 0 aromatic carbocycles. The standard InChI is InChI=1S/C10H18F3NO2/c1-5-16-8(15)6-7(10(11,12)13)14-9(2,3)4/h7,14H,5-6H2,1-4H3/t7-/m0/s1. The molecule has 0 unspecified atom stereocenters. The zero-order valence-corrected chi connectivity index (χ0v) is 9.94. The third-order valence-electron chi connectivity index (χ3n) is 1.68. The van der Waals surface area contributed by atoms with Crippen molar-refractivity contribution in [3.8, 4) is 0 Å². The van der Waals surface area contributed by atoms with E-state index in [4.69, 9.17) is 0 Å². The maximum Gasteiger partial charge on any atom is 0.404 e. The summed E-state index contributed by atoms with van der Waals surface area (Å²) >= 11 is 0. The van der Waals surface area contributed by atoms with Gasteiger partial charge in [0.05, 0.1) is 13.0 Å². The average molecular weight is 241 g/mol. The molecule has 0 bridgehead atoms. The lowest BCUT2D eigenvalue weighted by molar-refractivity contribution is -0.172. The van der Waals surface area contributed by atoms with Crippen molar-refractivity contribution in [2.24, 2.45) is 0 Å². The Morgan fingerprint density at radius 2 is 1.81 bits per heavy atom. The third kappa shape index (κ3) is 6.66. The Morgan fingerprint density at radius 1 is 1.31 bits per heavy atom. The van der Waals surface area contributed by atoms with Crippen LogP contribution in [0.25, 0.3) is 0 Å². The van der Waals surface area contributed by atoms with Gasteiger partial charge in [-0.05, 0) is 27.7 Å². The number of carbonyl (C=O) groups excluding carboxylic acids is 1. The SMILES string of the molecule is CCOC(=O)C[C@H](NC(C)(C)C)C(F)(F)F. The zero-order chi connectivity index (χ0) is 13.0. The summed E-state index contributed by atoms with van der Waals surface area (Å²) in [6.07, 6.45) is -5.16. The van der Waals surface area contributed by atoms with Crippen molar-refractivity contribution < 1.29 is 22.7 Å². The van der Waals surface area contributed by atoms with E-state index in [-0.39, 0.29) is 6.61 Å². The van der Waals surface area contributed by atoms with Gasteiger partial charge >= 0.3 is 12.1 Å². The van der Waals surface area contributed by atoms with Crippen molar-refractivity contribution in [3.63, 3.8) is 0 Å². The predicted molar refractivity (Wildman–Crippen MR) is 54.0 cm³/mol. The molecule has 0 amide bonds. The first kappa shape index (κ1) is 15.2. The van der Waals surface area contributed by atoms with Crippen LogP contribution in [-0.2, 0) is 9.53 Å². The summed E-state index contributed by atoms with van der Waals surface area (Å²) in [4.78, 5) is 11.0. The highest BCUT2D eigenvalue weighted by molar-refractivity contribution is 5.70. The van der Waals surface area contributed by atoms with Gasteiger partial charge in [0, 0.05) is 5.54 Å². The Bertz CT molecular complexity index is 233. The molecule has 0 radical (unpaired) electrons. The molecule has 16 heavy (non-hydrogen) atoms. The van der Waals surface area contributed by atoms with E-state index in [1.54, 1.807) is 27.7 Å². The minimum atomic E-state index is -4.46. The molecule has 0 aliphatic heterocycles. The summed E-state index contributed by atoms with van der Waals surface area (Å²) < 4.78 is 42.2. The van der Waals surface area contributed by atoms with Gasteiger partial charge in [0.1, 0.15) is 6.04 Å². The maximum absolute atomic E-state index is 12.6. The van der Waals surface area contributed by atoms with Crippen LogP contribution in [0.3, 0.4) is 0 Å². The minimum absolute atomic E-state index is 0.0823. The van der Waals surface area contributed by atoms with E-state index in [9.17, 15) is 18.0 Å². The van der Waals surface area contributed by atoms with Crippen LogP contribution < -0.4 is 5.32 Å². The van der Waals surface area contributed by atoms with Crippen molar-refractivity contribution in [2.75, 3.05) is 6.61 Å². The Morgan fingerprint density at radius 3 is 2.12 bits per heavy atom. The molecule has 6 heteroatoms. The quantitative estimate of drug-likeness (QED) is 0.767. The molecule has 0 saturated carbocycles. The molecule has 1 N–H and O–H groups in total. The smallest absolute Gasteiger partial charge is 0.404 e. The number of hydrogen-bond donors (Lipinski definition) is 1. The van der Waals surface area contributed by atoms with Crippen LogP contribution >= 0.6 is 0 Å². The summed E-state index contributed by atoms with van der Waals surface area (Å²) in [5.41, 5.74) is -0.716. The van der Waals surface area contributed by atoms with Gasteiger partial charge in [0.15, 0.2) is 0 Å². The van der Waals surface area contributed by atoms with Crippen molar-refractivity contribution in [1.82, 2.24) is 5.32 Å². The van der Waals surface area contributed by atoms with Crippen molar-refractivity contribution in [2.45, 2.75) is 51.9 Å². The molecule has 96 valence electrons. The Balaban J connectivity index is 4.52. The summed E-state index contributed by atoms with van der Waals surface area (Å²) in [6, 6.07) is -1.87. The summed E-state index contributed by atoms with van der Waals surface area (Å²) in [5.74, 6) is -0.846. The van der Waals surface area contributed by atoms with Gasteiger partial charge in [-0.1, -0.05) is 0 Å². The van der Waals surface area contributed by atoms with E-state index in [2.05, 4.69) is 10.1 Å². The second kappa shape index (κ2) is 5.52. The van der Waals surface area contributed by atoms with Crippen LogP contribution in [0, 0.1) is 0 Å². The Labute approximate surface area is 93.3 Å². The molecular formula is C10H18F3NO2. The van der Waals surface area contributed by atoms with Gasteiger partial charge in [-0.2, -0.15) is 13.2 Å². The van der Waals surface area contributed by atoms with Gasteiger partial charge in [-0.3, -0.25) is 4.79 Å². The van der Waals surface area contributed by atoms with Crippen LogP contribution in [0.15, 0.2) is 0 Å². The van der Waals surface area contributed by atoms with Crippen molar-refractivity contribution in [1.29, 1.82) is 0 Å². The van der Waals surface area contributed by atoms with Gasteiger partial charge < -0.3 is 10.1 Å². The first-order valence-corrected chi connectivity index (χ1v) is 5.06. The van der Waals surface area contributed by atoms with Crippen LogP contribution in [-0.4, -0.2) is 30.3 Å². The van der Waals surface area contributed by atoms with Gasteiger partial charge in [0.2, 0.25) is 0 Å². The molecule has 0 fully saturated rings. The Hall–Kier alpha value is -0.780. The number of hydrogen-bond acceptors (Lipinski definition) is 3. The summed E-state index contributed by atoms with van der Waals surface area (Å²) in [7, 11) is 0. The molecule has 0 spiro atoms. The van der Waals surface area contributed by atoms with E-state index in [0.29, 0.717) is 0 Å². The lowest BCUT2D eigenvalue weighted by Crippen LogP contribution is -2.52. The molecular weight excluding hydrogens is 223 g/mol. The fourth-order valence-corrected chi connectivity index (χ4v) is 1.16. The first-order valence-electron chi connectivity index (χ1n) is 5.06.